The van der Waals surface area contributed by atoms with Crippen molar-refractivity contribution < 1.29 is 14.3 Å². The minimum absolute atomic E-state index is 0.0743. The number of pyridine rings is 1. The van der Waals surface area contributed by atoms with Gasteiger partial charge in [0.05, 0.1) is 25.5 Å². The number of hydrogen-bond acceptors (Lipinski definition) is 5. The van der Waals surface area contributed by atoms with Crippen LogP contribution < -0.4 is 15.0 Å². The Balaban J connectivity index is 1.54. The summed E-state index contributed by atoms with van der Waals surface area (Å²) < 4.78 is 12.5. The minimum Gasteiger partial charge on any atom is -0.497 e. The number of amides is 1. The molecule has 0 spiro atoms. The summed E-state index contributed by atoms with van der Waals surface area (Å²) in [6.07, 6.45) is 7.77. The maximum Gasteiger partial charge on any atom is 0.263 e. The predicted octanol–water partition coefficient (Wildman–Crippen LogP) is 4.34. The third-order valence-electron chi connectivity index (χ3n) is 7.88. The van der Waals surface area contributed by atoms with Gasteiger partial charge >= 0.3 is 0 Å². The van der Waals surface area contributed by atoms with Crippen molar-refractivity contribution in [1.29, 1.82) is 0 Å². The molecule has 2 unspecified atom stereocenters. The standard InChI is InChI=1S/C29H35N3O4/c1-30(18-20-9-8-16-31-15-7-6-12-25(20)31)28(33)24-19-32(29(34)23-11-5-4-10-22(23)24)26-17-21(35-2)13-14-27(26)36-3/h4-5,10-11,13-14,17,19-20,25H,6-9,12,15-16,18H2,1-3H3. The number of benzene rings is 2. The Kier molecular flexibility index (Phi) is 7.01. The molecule has 0 N–H and O–H groups in total. The summed E-state index contributed by atoms with van der Waals surface area (Å²) in [6, 6.07) is 13.2. The number of methoxy groups -OCH3 is 2. The highest BCUT2D eigenvalue weighted by Crippen LogP contribution is 2.32. The molecule has 36 heavy (non-hydrogen) atoms. The SMILES string of the molecule is COc1ccc(OC)c(-n2cc(C(=O)N(C)CC3CCCN4CCCCC34)c3ccccc3c2=O)c1. The lowest BCUT2D eigenvalue weighted by atomic mass is 9.83. The van der Waals surface area contributed by atoms with Crippen molar-refractivity contribution in [3.63, 3.8) is 0 Å². The van der Waals surface area contributed by atoms with E-state index >= 15 is 0 Å². The van der Waals surface area contributed by atoms with Gasteiger partial charge in [-0.05, 0) is 62.9 Å². The molecule has 7 heteroatoms. The van der Waals surface area contributed by atoms with Gasteiger partial charge < -0.3 is 19.3 Å². The molecule has 2 aliphatic rings. The summed E-state index contributed by atoms with van der Waals surface area (Å²) >= 11 is 0. The van der Waals surface area contributed by atoms with E-state index in [2.05, 4.69) is 4.90 Å². The van der Waals surface area contributed by atoms with Crippen LogP contribution in [0.5, 0.6) is 11.5 Å². The van der Waals surface area contributed by atoms with E-state index in [1.54, 1.807) is 44.7 Å². The molecular weight excluding hydrogens is 454 g/mol. The summed E-state index contributed by atoms with van der Waals surface area (Å²) in [5, 5.41) is 1.16. The Labute approximate surface area is 212 Å². The molecule has 7 nitrogen and oxygen atoms in total. The van der Waals surface area contributed by atoms with Crippen LogP contribution in [-0.2, 0) is 0 Å². The molecule has 2 saturated heterocycles. The molecule has 190 valence electrons. The maximum absolute atomic E-state index is 13.9. The molecule has 0 bridgehead atoms. The van der Waals surface area contributed by atoms with Crippen LogP contribution in [0.25, 0.3) is 16.5 Å². The second-order valence-corrected chi connectivity index (χ2v) is 9.99. The van der Waals surface area contributed by atoms with Crippen LogP contribution in [0.1, 0.15) is 42.5 Å². The summed E-state index contributed by atoms with van der Waals surface area (Å²) in [4.78, 5) is 31.9. The van der Waals surface area contributed by atoms with Gasteiger partial charge in [-0.15, -0.1) is 0 Å². The number of ether oxygens (including phenoxy) is 2. The number of nitrogens with zero attached hydrogens (tertiary/aromatic N) is 3. The zero-order chi connectivity index (χ0) is 25.2. The van der Waals surface area contributed by atoms with E-state index in [-0.39, 0.29) is 11.5 Å². The smallest absolute Gasteiger partial charge is 0.263 e. The van der Waals surface area contributed by atoms with E-state index in [1.807, 2.05) is 30.1 Å². The zero-order valence-electron chi connectivity index (χ0n) is 21.4. The van der Waals surface area contributed by atoms with Crippen molar-refractivity contribution in [3.8, 4) is 17.2 Å². The zero-order valence-corrected chi connectivity index (χ0v) is 21.4. The summed E-state index contributed by atoms with van der Waals surface area (Å²) in [5.74, 6) is 1.53. The summed E-state index contributed by atoms with van der Waals surface area (Å²) in [6.45, 7) is 3.07. The van der Waals surface area contributed by atoms with E-state index in [1.165, 1.54) is 43.3 Å². The molecule has 5 rings (SSSR count). The second-order valence-electron chi connectivity index (χ2n) is 9.99. The topological polar surface area (TPSA) is 64.0 Å². The van der Waals surface area contributed by atoms with Gasteiger partial charge in [0.2, 0.25) is 0 Å². The fourth-order valence-corrected chi connectivity index (χ4v) is 6.06. The fraction of sp³-hybridized carbons (Fsp3) is 0.448. The Morgan fingerprint density at radius 3 is 2.56 bits per heavy atom. The molecule has 0 radical (unpaired) electrons. The highest BCUT2D eigenvalue weighted by Gasteiger charge is 2.34. The molecule has 1 amide bonds. The summed E-state index contributed by atoms with van der Waals surface area (Å²) in [5.41, 5.74) is 0.838. The van der Waals surface area contributed by atoms with Gasteiger partial charge in [0.25, 0.3) is 11.5 Å². The maximum atomic E-state index is 13.9. The number of aromatic nitrogens is 1. The van der Waals surface area contributed by atoms with Gasteiger partial charge in [0, 0.05) is 42.7 Å². The largest absolute Gasteiger partial charge is 0.497 e. The van der Waals surface area contributed by atoms with Gasteiger partial charge in [-0.3, -0.25) is 14.2 Å². The molecule has 2 fully saturated rings. The lowest BCUT2D eigenvalue weighted by Gasteiger charge is -2.45. The van der Waals surface area contributed by atoms with Crippen LogP contribution in [-0.4, -0.2) is 67.2 Å². The van der Waals surface area contributed by atoms with Gasteiger partial charge in [0.15, 0.2) is 0 Å². The highest BCUT2D eigenvalue weighted by atomic mass is 16.5. The molecular formula is C29H35N3O4. The molecule has 1 aromatic heterocycles. The van der Waals surface area contributed by atoms with Crippen LogP contribution in [0, 0.1) is 5.92 Å². The van der Waals surface area contributed by atoms with Crippen molar-refractivity contribution >= 4 is 16.7 Å². The van der Waals surface area contributed by atoms with Crippen molar-refractivity contribution in [2.75, 3.05) is 40.9 Å². The summed E-state index contributed by atoms with van der Waals surface area (Å²) in [7, 11) is 5.04. The van der Waals surface area contributed by atoms with Gasteiger partial charge in [-0.1, -0.05) is 24.6 Å². The molecule has 3 heterocycles. The van der Waals surface area contributed by atoms with Crippen LogP contribution in [0.3, 0.4) is 0 Å². The van der Waals surface area contributed by atoms with Crippen LogP contribution in [0.15, 0.2) is 53.5 Å². The first kappa shape index (κ1) is 24.4. The third kappa shape index (κ3) is 4.48. The Morgan fingerprint density at radius 2 is 1.78 bits per heavy atom. The number of hydrogen-bond donors (Lipinski definition) is 0. The Hall–Kier alpha value is -3.32. The number of carbonyl (C=O) groups excluding carboxylic acids is 1. The lowest BCUT2D eigenvalue weighted by molar-refractivity contribution is 0.0403. The van der Waals surface area contributed by atoms with Crippen molar-refractivity contribution in [2.24, 2.45) is 5.92 Å². The third-order valence-corrected chi connectivity index (χ3v) is 7.88. The fourth-order valence-electron chi connectivity index (χ4n) is 6.06. The number of carbonyl (C=O) groups is 1. The van der Waals surface area contributed by atoms with Crippen LogP contribution in [0.2, 0.25) is 0 Å². The minimum atomic E-state index is -0.207. The first-order chi connectivity index (χ1) is 17.5. The van der Waals surface area contributed by atoms with E-state index in [4.69, 9.17) is 9.47 Å². The van der Waals surface area contributed by atoms with E-state index < -0.39 is 0 Å². The van der Waals surface area contributed by atoms with Crippen LogP contribution >= 0.6 is 0 Å². The van der Waals surface area contributed by atoms with E-state index in [0.717, 1.165) is 13.0 Å². The number of rotatable bonds is 6. The quantitative estimate of drug-likeness (QED) is 0.515. The van der Waals surface area contributed by atoms with Gasteiger partial charge in [0.1, 0.15) is 11.5 Å². The first-order valence-electron chi connectivity index (χ1n) is 12.9. The molecule has 0 aliphatic carbocycles. The average molecular weight is 490 g/mol. The molecule has 2 aromatic carbocycles. The molecule has 3 aromatic rings. The van der Waals surface area contributed by atoms with E-state index in [0.29, 0.717) is 45.5 Å². The van der Waals surface area contributed by atoms with E-state index in [9.17, 15) is 9.59 Å². The highest BCUT2D eigenvalue weighted by molar-refractivity contribution is 6.06. The number of piperidine rings is 2. The monoisotopic (exact) mass is 489 g/mol. The first-order valence-corrected chi connectivity index (χ1v) is 12.9. The average Bonchev–Trinajstić information content (AvgIpc) is 2.93. The molecule has 0 saturated carbocycles. The molecule has 2 aliphatic heterocycles. The van der Waals surface area contributed by atoms with Crippen molar-refractivity contribution in [3.05, 3.63) is 64.6 Å². The van der Waals surface area contributed by atoms with Gasteiger partial charge in [-0.25, -0.2) is 0 Å². The Morgan fingerprint density at radius 1 is 1.00 bits per heavy atom. The van der Waals surface area contributed by atoms with Crippen molar-refractivity contribution in [1.82, 2.24) is 14.4 Å². The predicted molar refractivity (Wildman–Crippen MR) is 142 cm³/mol. The second kappa shape index (κ2) is 10.3. The van der Waals surface area contributed by atoms with Gasteiger partial charge in [-0.2, -0.15) is 0 Å². The van der Waals surface area contributed by atoms with Crippen molar-refractivity contribution in [2.45, 2.75) is 38.1 Å². The number of fused-ring (bicyclic) bond motifs is 2. The lowest BCUT2D eigenvalue weighted by Crippen LogP contribution is -2.51. The Bertz CT molecular complexity index is 1320. The normalized spacial score (nSPS) is 20.1. The van der Waals surface area contributed by atoms with Crippen LogP contribution in [0.4, 0.5) is 0 Å². The molecule has 2 atom stereocenters.